The molecule has 1 aromatic heterocycles. The second-order valence-corrected chi connectivity index (χ2v) is 9.00. The van der Waals surface area contributed by atoms with E-state index in [1.54, 1.807) is 11.3 Å². The van der Waals surface area contributed by atoms with E-state index < -0.39 is 0 Å². The Labute approximate surface area is 148 Å². The quantitative estimate of drug-likeness (QED) is 0.567. The van der Waals surface area contributed by atoms with Gasteiger partial charge in [-0.1, -0.05) is 51.1 Å². The van der Waals surface area contributed by atoms with Gasteiger partial charge in [0.15, 0.2) is 0 Å². The lowest BCUT2D eigenvalue weighted by molar-refractivity contribution is 0.353. The average molecular weight is 431 g/mol. The molecule has 1 atom stereocenters. The average Bonchev–Trinajstić information content (AvgIpc) is 2.79. The van der Waals surface area contributed by atoms with Crippen molar-refractivity contribution in [2.45, 2.75) is 38.6 Å². The fourth-order valence-electron chi connectivity index (χ4n) is 2.54. The summed E-state index contributed by atoms with van der Waals surface area (Å²) in [4.78, 5) is 1.36. The third-order valence-corrected chi connectivity index (χ3v) is 7.11. The van der Waals surface area contributed by atoms with Crippen molar-refractivity contribution in [1.29, 1.82) is 0 Å². The fraction of sp³-hybridized carbons (Fsp3) is 0.412. The van der Waals surface area contributed by atoms with E-state index in [2.05, 4.69) is 94.3 Å². The zero-order chi connectivity index (χ0) is 15.5. The van der Waals surface area contributed by atoms with Crippen LogP contribution in [0.3, 0.4) is 0 Å². The van der Waals surface area contributed by atoms with Gasteiger partial charge in [-0.25, -0.2) is 0 Å². The van der Waals surface area contributed by atoms with Gasteiger partial charge in [-0.15, -0.1) is 11.3 Å². The summed E-state index contributed by atoms with van der Waals surface area (Å²) in [5.41, 5.74) is 1.39. The van der Waals surface area contributed by atoms with E-state index >= 15 is 0 Å². The monoisotopic (exact) mass is 429 g/mol. The summed E-state index contributed by atoms with van der Waals surface area (Å²) in [5, 5.41) is 3.73. The SMILES string of the molecule is CCCNC(c1cc(Br)c(Br)s1)C(C)(C)c1ccccc1. The number of thiophene rings is 1. The standard InChI is InChI=1S/C17H21Br2NS/c1-4-10-20-15(14-11-13(18)16(19)21-14)17(2,3)12-8-6-5-7-9-12/h5-9,11,15,20H,4,10H2,1-3H3. The topological polar surface area (TPSA) is 12.0 Å². The van der Waals surface area contributed by atoms with Gasteiger partial charge in [0.05, 0.1) is 9.83 Å². The van der Waals surface area contributed by atoms with E-state index in [4.69, 9.17) is 0 Å². The summed E-state index contributed by atoms with van der Waals surface area (Å²) in [6, 6.07) is 13.3. The van der Waals surface area contributed by atoms with Crippen LogP contribution in [-0.4, -0.2) is 6.54 Å². The van der Waals surface area contributed by atoms with Gasteiger partial charge in [0, 0.05) is 14.8 Å². The Morgan fingerprint density at radius 1 is 1.19 bits per heavy atom. The molecule has 0 aliphatic rings. The summed E-state index contributed by atoms with van der Waals surface area (Å²) in [7, 11) is 0. The Kier molecular flexibility index (Phi) is 6.06. The van der Waals surface area contributed by atoms with Crippen LogP contribution in [0.4, 0.5) is 0 Å². The molecule has 0 spiro atoms. The van der Waals surface area contributed by atoms with Gasteiger partial charge < -0.3 is 5.32 Å². The molecule has 114 valence electrons. The molecule has 0 aliphatic carbocycles. The van der Waals surface area contributed by atoms with Crippen LogP contribution in [0.5, 0.6) is 0 Å². The van der Waals surface area contributed by atoms with Crippen LogP contribution in [0.15, 0.2) is 44.7 Å². The normalized spacial score (nSPS) is 13.4. The zero-order valence-electron chi connectivity index (χ0n) is 12.6. The first-order valence-corrected chi connectivity index (χ1v) is 9.60. The Balaban J connectivity index is 2.39. The Morgan fingerprint density at radius 3 is 2.38 bits per heavy atom. The number of hydrogen-bond acceptors (Lipinski definition) is 2. The highest BCUT2D eigenvalue weighted by Crippen LogP contribution is 2.43. The van der Waals surface area contributed by atoms with Gasteiger partial charge in [-0.05, 0) is 56.5 Å². The fourth-order valence-corrected chi connectivity index (χ4v) is 4.89. The molecule has 21 heavy (non-hydrogen) atoms. The highest BCUT2D eigenvalue weighted by molar-refractivity contribution is 9.13. The Morgan fingerprint density at radius 2 is 1.86 bits per heavy atom. The molecule has 1 aromatic carbocycles. The van der Waals surface area contributed by atoms with Crippen molar-refractivity contribution in [2.75, 3.05) is 6.54 Å². The van der Waals surface area contributed by atoms with Crippen molar-refractivity contribution in [3.8, 4) is 0 Å². The molecule has 0 aliphatic heterocycles. The maximum Gasteiger partial charge on any atom is 0.0843 e. The van der Waals surface area contributed by atoms with Crippen molar-refractivity contribution in [1.82, 2.24) is 5.32 Å². The smallest absolute Gasteiger partial charge is 0.0843 e. The van der Waals surface area contributed by atoms with Crippen molar-refractivity contribution in [3.05, 3.63) is 55.1 Å². The third kappa shape index (κ3) is 3.98. The molecule has 2 aromatic rings. The lowest BCUT2D eigenvalue weighted by Crippen LogP contribution is -2.37. The summed E-state index contributed by atoms with van der Waals surface area (Å²) >= 11 is 9.03. The number of benzene rings is 1. The first-order chi connectivity index (χ1) is 9.96. The second kappa shape index (κ2) is 7.40. The molecule has 0 saturated heterocycles. The van der Waals surface area contributed by atoms with Gasteiger partial charge in [-0.3, -0.25) is 0 Å². The Hall–Kier alpha value is -0.160. The molecule has 0 radical (unpaired) electrons. The molecule has 0 bridgehead atoms. The van der Waals surface area contributed by atoms with E-state index in [1.807, 2.05) is 0 Å². The van der Waals surface area contributed by atoms with Crippen molar-refractivity contribution < 1.29 is 0 Å². The molecular weight excluding hydrogens is 410 g/mol. The van der Waals surface area contributed by atoms with E-state index in [0.29, 0.717) is 6.04 Å². The van der Waals surface area contributed by atoms with Crippen LogP contribution in [0.1, 0.15) is 43.7 Å². The highest BCUT2D eigenvalue weighted by atomic mass is 79.9. The molecule has 0 saturated carbocycles. The first-order valence-electron chi connectivity index (χ1n) is 7.20. The van der Waals surface area contributed by atoms with Crippen LogP contribution in [0.25, 0.3) is 0 Å². The van der Waals surface area contributed by atoms with E-state index in [9.17, 15) is 0 Å². The first kappa shape index (κ1) is 17.2. The lowest BCUT2D eigenvalue weighted by atomic mass is 9.77. The number of nitrogens with one attached hydrogen (secondary N) is 1. The molecule has 1 heterocycles. The Bertz CT molecular complexity index is 558. The van der Waals surface area contributed by atoms with Gasteiger partial charge >= 0.3 is 0 Å². The van der Waals surface area contributed by atoms with Gasteiger partial charge in [0.2, 0.25) is 0 Å². The predicted octanol–water partition coefficient (Wildman–Crippen LogP) is 6.29. The van der Waals surface area contributed by atoms with Crippen LogP contribution in [-0.2, 0) is 5.41 Å². The highest BCUT2D eigenvalue weighted by Gasteiger charge is 2.33. The lowest BCUT2D eigenvalue weighted by Gasteiger charge is -2.35. The zero-order valence-corrected chi connectivity index (χ0v) is 16.6. The molecule has 0 amide bonds. The van der Waals surface area contributed by atoms with E-state index in [-0.39, 0.29) is 5.41 Å². The molecule has 4 heteroatoms. The molecule has 0 fully saturated rings. The number of hydrogen-bond donors (Lipinski definition) is 1. The van der Waals surface area contributed by atoms with Crippen LogP contribution >= 0.6 is 43.2 Å². The van der Waals surface area contributed by atoms with Crippen molar-refractivity contribution in [3.63, 3.8) is 0 Å². The van der Waals surface area contributed by atoms with Crippen LogP contribution in [0, 0.1) is 0 Å². The minimum absolute atomic E-state index is 0.0279. The number of halogens is 2. The molecular formula is C17H21Br2NS. The van der Waals surface area contributed by atoms with Crippen LogP contribution < -0.4 is 5.32 Å². The maximum atomic E-state index is 3.73. The van der Waals surface area contributed by atoms with Crippen molar-refractivity contribution in [2.24, 2.45) is 0 Å². The second-order valence-electron chi connectivity index (χ2n) is 5.75. The van der Waals surface area contributed by atoms with Gasteiger partial charge in [-0.2, -0.15) is 0 Å². The number of rotatable bonds is 6. The third-order valence-electron chi connectivity index (χ3n) is 3.79. The van der Waals surface area contributed by atoms with E-state index in [0.717, 1.165) is 21.2 Å². The summed E-state index contributed by atoms with van der Waals surface area (Å²) in [6.45, 7) is 7.86. The summed E-state index contributed by atoms with van der Waals surface area (Å²) < 4.78 is 2.29. The molecule has 2 rings (SSSR count). The molecule has 1 nitrogen and oxygen atoms in total. The van der Waals surface area contributed by atoms with Gasteiger partial charge in [0.25, 0.3) is 0 Å². The minimum Gasteiger partial charge on any atom is -0.309 e. The summed E-state index contributed by atoms with van der Waals surface area (Å²) in [6.07, 6.45) is 1.13. The van der Waals surface area contributed by atoms with Crippen LogP contribution in [0.2, 0.25) is 0 Å². The predicted molar refractivity (Wildman–Crippen MR) is 100 cm³/mol. The summed E-state index contributed by atoms with van der Waals surface area (Å²) in [5.74, 6) is 0. The maximum absolute atomic E-state index is 3.73. The van der Waals surface area contributed by atoms with E-state index in [1.165, 1.54) is 10.4 Å². The molecule has 1 N–H and O–H groups in total. The largest absolute Gasteiger partial charge is 0.309 e. The minimum atomic E-state index is 0.0279. The van der Waals surface area contributed by atoms with Crippen molar-refractivity contribution >= 4 is 43.2 Å². The molecule has 1 unspecified atom stereocenters. The van der Waals surface area contributed by atoms with Gasteiger partial charge in [0.1, 0.15) is 0 Å².